The van der Waals surface area contributed by atoms with E-state index in [1.165, 1.54) is 6.20 Å². The Morgan fingerprint density at radius 2 is 2.50 bits per heavy atom. The molecule has 2 rings (SSSR count). The van der Waals surface area contributed by atoms with Gasteiger partial charge in [-0.1, -0.05) is 11.3 Å². The highest BCUT2D eigenvalue weighted by Crippen LogP contribution is 2.05. The first-order valence-corrected chi connectivity index (χ1v) is 6.81. The van der Waals surface area contributed by atoms with E-state index in [-0.39, 0.29) is 11.5 Å². The quantitative estimate of drug-likeness (QED) is 0.653. The predicted molar refractivity (Wildman–Crippen MR) is 68.1 cm³/mol. The number of thiazole rings is 1. The number of nitrogens with zero attached hydrogens (tertiary/aromatic N) is 2. The molecule has 0 radical (unpaired) electrons. The fourth-order valence-electron chi connectivity index (χ4n) is 1.23. The van der Waals surface area contributed by atoms with E-state index in [1.807, 2.05) is 0 Å². The summed E-state index contributed by atoms with van der Waals surface area (Å²) in [5, 5.41) is 14.4. The molecule has 0 aliphatic carbocycles. The van der Waals surface area contributed by atoms with Crippen LogP contribution in [0.5, 0.6) is 5.88 Å². The third-order valence-corrected chi connectivity index (χ3v) is 3.21. The molecule has 7 nitrogen and oxygen atoms in total. The van der Waals surface area contributed by atoms with Gasteiger partial charge in [-0.05, 0) is 0 Å². The number of H-pyrrole nitrogens is 1. The van der Waals surface area contributed by atoms with Crippen LogP contribution < -0.4 is 14.9 Å². The molecule has 0 aliphatic heterocycles. The van der Waals surface area contributed by atoms with Gasteiger partial charge in [-0.15, -0.1) is 4.37 Å². The highest BCUT2D eigenvalue weighted by molar-refractivity contribution is 7.07. The van der Waals surface area contributed by atoms with E-state index >= 15 is 0 Å². The summed E-state index contributed by atoms with van der Waals surface area (Å²) in [6.45, 7) is 1.03. The van der Waals surface area contributed by atoms with Gasteiger partial charge < -0.3 is 20.1 Å². The highest BCUT2D eigenvalue weighted by atomic mass is 32.1. The molecule has 0 bridgehead atoms. The predicted octanol–water partition coefficient (Wildman–Crippen LogP) is -0.183. The molecule has 1 atom stereocenters. The van der Waals surface area contributed by atoms with Crippen LogP contribution in [0.4, 0.5) is 0 Å². The van der Waals surface area contributed by atoms with E-state index in [0.717, 1.165) is 28.8 Å². The molecule has 0 fully saturated rings. The molecule has 0 aromatic carbocycles. The fourth-order valence-corrected chi connectivity index (χ4v) is 2.18. The lowest BCUT2D eigenvalue weighted by atomic mass is 10.3. The minimum atomic E-state index is -0.642. The molecular weight excluding hydrogens is 276 g/mol. The van der Waals surface area contributed by atoms with E-state index in [9.17, 15) is 9.90 Å². The van der Waals surface area contributed by atoms with Crippen LogP contribution in [0.25, 0.3) is 0 Å². The van der Waals surface area contributed by atoms with Crippen molar-refractivity contribution in [1.29, 1.82) is 0 Å². The summed E-state index contributed by atoms with van der Waals surface area (Å²) in [5.74, 6) is 0.418. The van der Waals surface area contributed by atoms with Gasteiger partial charge in [-0.2, -0.15) is 4.37 Å². The van der Waals surface area contributed by atoms with E-state index in [4.69, 9.17) is 4.74 Å². The standard InChI is InChI=1S/C9H12N4O3S2/c14-7(4-16-8-3-11-18-13-8)2-10-1-6-5-17-9(15)12-6/h3,5,7,10,14H,1-2,4H2,(H,12,15). The van der Waals surface area contributed by atoms with Gasteiger partial charge in [0, 0.05) is 24.2 Å². The van der Waals surface area contributed by atoms with Gasteiger partial charge in [0.1, 0.15) is 18.9 Å². The molecule has 0 saturated heterocycles. The number of ether oxygens (including phenoxy) is 1. The van der Waals surface area contributed by atoms with Crippen LogP contribution in [-0.4, -0.2) is 38.1 Å². The van der Waals surface area contributed by atoms with Crippen LogP contribution in [0.2, 0.25) is 0 Å². The maximum absolute atomic E-state index is 10.9. The number of rotatable bonds is 7. The Kier molecular flexibility index (Phi) is 4.81. The molecule has 1 unspecified atom stereocenters. The van der Waals surface area contributed by atoms with E-state index < -0.39 is 6.10 Å². The van der Waals surface area contributed by atoms with Crippen LogP contribution in [0.3, 0.4) is 0 Å². The maximum Gasteiger partial charge on any atom is 0.304 e. The second kappa shape index (κ2) is 6.59. The summed E-state index contributed by atoms with van der Waals surface area (Å²) in [4.78, 5) is 13.5. The number of nitrogens with one attached hydrogen (secondary N) is 2. The summed E-state index contributed by atoms with van der Waals surface area (Å²) in [6.07, 6.45) is 0.859. The first-order chi connectivity index (χ1) is 8.74. The van der Waals surface area contributed by atoms with Crippen molar-refractivity contribution in [3.63, 3.8) is 0 Å². The van der Waals surface area contributed by atoms with Gasteiger partial charge in [-0.25, -0.2) is 0 Å². The zero-order valence-electron chi connectivity index (χ0n) is 9.33. The Hall–Kier alpha value is -1.29. The summed E-state index contributed by atoms with van der Waals surface area (Å²) >= 11 is 2.17. The number of aliphatic hydroxyl groups is 1. The minimum absolute atomic E-state index is 0.0771. The third-order valence-electron chi connectivity index (χ3n) is 2.03. The number of aromatic nitrogens is 3. The van der Waals surface area contributed by atoms with Crippen molar-refractivity contribution in [3.05, 3.63) is 26.9 Å². The summed E-state index contributed by atoms with van der Waals surface area (Å²) in [7, 11) is 0. The molecule has 2 aromatic rings. The lowest BCUT2D eigenvalue weighted by molar-refractivity contribution is 0.104. The Morgan fingerprint density at radius 1 is 1.61 bits per heavy atom. The number of aliphatic hydroxyl groups excluding tert-OH is 1. The molecule has 98 valence electrons. The molecule has 2 heterocycles. The van der Waals surface area contributed by atoms with Crippen LogP contribution in [0.15, 0.2) is 16.4 Å². The first-order valence-electron chi connectivity index (χ1n) is 5.20. The Labute approximate surface area is 111 Å². The summed E-state index contributed by atoms with van der Waals surface area (Å²) in [6, 6.07) is 0. The zero-order valence-corrected chi connectivity index (χ0v) is 11.0. The number of hydrogen-bond acceptors (Lipinski definition) is 8. The largest absolute Gasteiger partial charge is 0.473 e. The average Bonchev–Trinajstić information content (AvgIpc) is 2.98. The van der Waals surface area contributed by atoms with Crippen LogP contribution >= 0.6 is 23.1 Å². The van der Waals surface area contributed by atoms with E-state index in [2.05, 4.69) is 19.0 Å². The fraction of sp³-hybridized carbons (Fsp3) is 0.444. The minimum Gasteiger partial charge on any atom is -0.473 e. The molecule has 0 aliphatic rings. The number of aromatic amines is 1. The van der Waals surface area contributed by atoms with E-state index in [0.29, 0.717) is 19.0 Å². The Morgan fingerprint density at radius 3 is 3.17 bits per heavy atom. The smallest absolute Gasteiger partial charge is 0.304 e. The van der Waals surface area contributed by atoms with Crippen molar-refractivity contribution in [2.75, 3.05) is 13.2 Å². The molecule has 2 aromatic heterocycles. The second-order valence-electron chi connectivity index (χ2n) is 3.51. The molecule has 3 N–H and O–H groups in total. The monoisotopic (exact) mass is 288 g/mol. The summed E-state index contributed by atoms with van der Waals surface area (Å²) < 4.78 is 12.8. The highest BCUT2D eigenvalue weighted by Gasteiger charge is 2.06. The second-order valence-corrected chi connectivity index (χ2v) is 4.91. The van der Waals surface area contributed by atoms with Crippen molar-refractivity contribution in [2.24, 2.45) is 0 Å². The summed E-state index contributed by atoms with van der Waals surface area (Å²) in [5.41, 5.74) is 0.807. The van der Waals surface area contributed by atoms with Crippen LogP contribution in [0, 0.1) is 0 Å². The van der Waals surface area contributed by atoms with Gasteiger partial charge in [0.25, 0.3) is 0 Å². The van der Waals surface area contributed by atoms with Crippen molar-refractivity contribution in [1.82, 2.24) is 19.0 Å². The lowest BCUT2D eigenvalue weighted by Crippen LogP contribution is -2.31. The maximum atomic E-state index is 10.9. The Bertz CT molecular complexity index is 510. The first kappa shape index (κ1) is 13.1. The van der Waals surface area contributed by atoms with Crippen LogP contribution in [0.1, 0.15) is 5.69 Å². The molecular formula is C9H12N4O3S2. The molecule has 0 amide bonds. The van der Waals surface area contributed by atoms with Crippen molar-refractivity contribution >= 4 is 23.1 Å². The third kappa shape index (κ3) is 4.18. The van der Waals surface area contributed by atoms with Crippen LogP contribution in [-0.2, 0) is 6.54 Å². The van der Waals surface area contributed by atoms with E-state index in [1.54, 1.807) is 5.38 Å². The Balaban J connectivity index is 1.62. The number of hydrogen-bond donors (Lipinski definition) is 3. The van der Waals surface area contributed by atoms with Gasteiger partial charge >= 0.3 is 4.87 Å². The molecule has 9 heteroatoms. The SMILES string of the molecule is O=c1[nH]c(CNCC(O)COc2cnsn2)cs1. The average molecular weight is 288 g/mol. The van der Waals surface area contributed by atoms with Gasteiger partial charge in [0.2, 0.25) is 5.88 Å². The van der Waals surface area contributed by atoms with Crippen molar-refractivity contribution in [3.8, 4) is 5.88 Å². The lowest BCUT2D eigenvalue weighted by Gasteiger charge is -2.11. The molecule has 0 spiro atoms. The van der Waals surface area contributed by atoms with Crippen molar-refractivity contribution < 1.29 is 9.84 Å². The topological polar surface area (TPSA) is 100 Å². The molecule has 0 saturated carbocycles. The van der Waals surface area contributed by atoms with Gasteiger partial charge in [0.15, 0.2) is 0 Å². The van der Waals surface area contributed by atoms with Crippen molar-refractivity contribution in [2.45, 2.75) is 12.6 Å². The normalized spacial score (nSPS) is 12.5. The molecule has 18 heavy (non-hydrogen) atoms. The van der Waals surface area contributed by atoms with Gasteiger partial charge in [-0.3, -0.25) is 4.79 Å². The van der Waals surface area contributed by atoms with Gasteiger partial charge in [0.05, 0.1) is 11.7 Å². The zero-order chi connectivity index (χ0) is 12.8.